The fourth-order valence-corrected chi connectivity index (χ4v) is 14.1. The summed E-state index contributed by atoms with van der Waals surface area (Å²) >= 11 is 6.04. The van der Waals surface area contributed by atoms with Gasteiger partial charge >= 0.3 is 0 Å². The van der Waals surface area contributed by atoms with Crippen molar-refractivity contribution in [1.82, 2.24) is 0 Å². The predicted octanol–water partition coefficient (Wildman–Crippen LogP) is 7.85. The third-order valence-corrected chi connectivity index (χ3v) is 16.5. The number of hydrogen-bond donors (Lipinski definition) is 0. The molecule has 4 saturated carbocycles. The van der Waals surface area contributed by atoms with Crippen molar-refractivity contribution in [2.45, 2.75) is 135 Å². The first kappa shape index (κ1) is 27.0. The summed E-state index contributed by atoms with van der Waals surface area (Å²) in [5.74, 6) is 2.33. The maximum atomic E-state index is 14.1. The molecule has 0 aromatic heterocycles. The molecule has 0 aromatic carbocycles. The van der Waals surface area contributed by atoms with Gasteiger partial charge in [-0.2, -0.15) is 35.3 Å². The van der Waals surface area contributed by atoms with Crippen molar-refractivity contribution in [3.63, 3.8) is 0 Å². The van der Waals surface area contributed by atoms with E-state index in [1.54, 1.807) is 0 Å². The van der Waals surface area contributed by atoms with Crippen LogP contribution in [0.25, 0.3) is 0 Å². The second-order valence-electron chi connectivity index (χ2n) is 11.7. The van der Waals surface area contributed by atoms with Crippen LogP contribution < -0.4 is 0 Å². The van der Waals surface area contributed by atoms with E-state index < -0.39 is 9.84 Å². The number of rotatable bonds is 7. The van der Waals surface area contributed by atoms with Crippen LogP contribution in [-0.4, -0.2) is 52.4 Å². The molecular weight excluding hydrogens is 485 g/mol. The Labute approximate surface area is 217 Å². The van der Waals surface area contributed by atoms with Gasteiger partial charge in [0.1, 0.15) is 0 Å². The molecule has 5 unspecified atom stereocenters. The van der Waals surface area contributed by atoms with Gasteiger partial charge in [0.25, 0.3) is 0 Å². The third kappa shape index (κ3) is 6.86. The second kappa shape index (κ2) is 12.5. The Bertz CT molecular complexity index is 695. The van der Waals surface area contributed by atoms with E-state index >= 15 is 0 Å². The van der Waals surface area contributed by atoms with Gasteiger partial charge in [0.05, 0.1) is 10.5 Å². The van der Waals surface area contributed by atoms with Crippen LogP contribution in [0, 0.1) is 17.8 Å². The van der Waals surface area contributed by atoms with Crippen LogP contribution in [0.2, 0.25) is 0 Å². The molecule has 0 bridgehead atoms. The van der Waals surface area contributed by atoms with Crippen molar-refractivity contribution in [2.75, 3.05) is 12.5 Å². The van der Waals surface area contributed by atoms with Crippen LogP contribution in [0.5, 0.6) is 0 Å². The zero-order chi connectivity index (χ0) is 23.4. The summed E-state index contributed by atoms with van der Waals surface area (Å²) < 4.78 is 28.2. The molecule has 4 aliphatic rings. The van der Waals surface area contributed by atoms with Gasteiger partial charge in [-0.3, -0.25) is 0 Å². The van der Waals surface area contributed by atoms with Crippen LogP contribution in [0.4, 0.5) is 0 Å². The maximum Gasteiger partial charge on any atom is 0.157 e. The molecule has 0 heterocycles. The van der Waals surface area contributed by atoms with Gasteiger partial charge in [-0.05, 0) is 101 Å². The van der Waals surface area contributed by atoms with Gasteiger partial charge in [0, 0.05) is 21.0 Å². The van der Waals surface area contributed by atoms with E-state index in [0.29, 0.717) is 16.4 Å². The smallest absolute Gasteiger partial charge is 0.157 e. The van der Waals surface area contributed by atoms with Crippen molar-refractivity contribution in [1.29, 1.82) is 0 Å². The Kier molecular flexibility index (Phi) is 10.2. The first-order valence-electron chi connectivity index (χ1n) is 13.8. The van der Waals surface area contributed by atoms with Crippen molar-refractivity contribution in [2.24, 2.45) is 17.8 Å². The molecule has 5 atom stereocenters. The Morgan fingerprint density at radius 1 is 0.636 bits per heavy atom. The lowest BCUT2D eigenvalue weighted by molar-refractivity contribution is 0.173. The van der Waals surface area contributed by atoms with Crippen molar-refractivity contribution in [3.05, 3.63) is 0 Å². The second-order valence-corrected chi connectivity index (χ2v) is 17.9. The van der Waals surface area contributed by atoms with Crippen LogP contribution in [0.3, 0.4) is 0 Å². The summed E-state index contributed by atoms with van der Waals surface area (Å²) in [7, 11) is -3.05. The normalized spacial score (nSPS) is 43.3. The van der Waals surface area contributed by atoms with E-state index in [2.05, 4.69) is 31.2 Å². The minimum atomic E-state index is -3.05. The van der Waals surface area contributed by atoms with Crippen LogP contribution in [0.1, 0.15) is 103 Å². The lowest BCUT2D eigenvalue weighted by atomic mass is 9.71. The number of sulfone groups is 1. The zero-order valence-corrected chi connectivity index (χ0v) is 24.5. The maximum absolute atomic E-state index is 14.1. The lowest BCUT2D eigenvalue weighted by Gasteiger charge is -2.41. The molecule has 0 radical (unpaired) electrons. The summed E-state index contributed by atoms with van der Waals surface area (Å²) in [6.07, 6.45) is 22.7. The van der Waals surface area contributed by atoms with E-state index in [-0.39, 0.29) is 10.5 Å². The average molecular weight is 533 g/mol. The van der Waals surface area contributed by atoms with E-state index in [0.717, 1.165) is 54.4 Å². The number of thioether (sulfide) groups is 3. The Morgan fingerprint density at radius 3 is 1.97 bits per heavy atom. The van der Waals surface area contributed by atoms with E-state index in [1.165, 1.54) is 64.2 Å². The highest BCUT2D eigenvalue weighted by atomic mass is 32.2. The van der Waals surface area contributed by atoms with Gasteiger partial charge in [-0.25, -0.2) is 8.42 Å². The molecule has 0 amide bonds. The third-order valence-electron chi connectivity index (χ3n) is 9.61. The summed E-state index contributed by atoms with van der Waals surface area (Å²) in [6, 6.07) is 0. The number of hydrogen-bond acceptors (Lipinski definition) is 5. The zero-order valence-electron chi connectivity index (χ0n) is 21.3. The molecule has 4 rings (SSSR count). The SMILES string of the molecule is CSC1CCC(SC2CCC(SC)C(S(=O)(=O)C3CCCC(C4CCC(C)CC4)C3)C2)CC1. The summed E-state index contributed by atoms with van der Waals surface area (Å²) in [6.45, 7) is 2.39. The highest BCUT2D eigenvalue weighted by molar-refractivity contribution is 8.01. The van der Waals surface area contributed by atoms with Gasteiger partial charge in [0.2, 0.25) is 0 Å². The molecular formula is C27H48O2S4. The van der Waals surface area contributed by atoms with Crippen LogP contribution in [0.15, 0.2) is 0 Å². The fourth-order valence-electron chi connectivity index (χ4n) is 7.39. The van der Waals surface area contributed by atoms with E-state index in [4.69, 9.17) is 0 Å². The highest BCUT2D eigenvalue weighted by Gasteiger charge is 2.45. The Morgan fingerprint density at radius 2 is 1.30 bits per heavy atom. The molecule has 4 fully saturated rings. The summed E-state index contributed by atoms with van der Waals surface area (Å²) in [4.78, 5) is 0. The van der Waals surface area contributed by atoms with E-state index in [9.17, 15) is 8.42 Å². The minimum absolute atomic E-state index is 0.0592. The van der Waals surface area contributed by atoms with Crippen LogP contribution >= 0.6 is 35.3 Å². The average Bonchev–Trinajstić information content (AvgIpc) is 2.85. The quantitative estimate of drug-likeness (QED) is 0.333. The Balaban J connectivity index is 1.38. The molecule has 6 heteroatoms. The van der Waals surface area contributed by atoms with Gasteiger partial charge in [-0.15, -0.1) is 0 Å². The molecule has 4 aliphatic carbocycles. The molecule has 2 nitrogen and oxygen atoms in total. The highest BCUT2D eigenvalue weighted by Crippen LogP contribution is 2.46. The summed E-state index contributed by atoms with van der Waals surface area (Å²) in [5.41, 5.74) is 0. The largest absolute Gasteiger partial charge is 0.228 e. The first-order chi connectivity index (χ1) is 15.9. The molecule has 0 aliphatic heterocycles. The predicted molar refractivity (Wildman–Crippen MR) is 152 cm³/mol. The fraction of sp³-hybridized carbons (Fsp3) is 1.00. The van der Waals surface area contributed by atoms with Gasteiger partial charge in [0.15, 0.2) is 9.84 Å². The molecule has 33 heavy (non-hydrogen) atoms. The first-order valence-corrected chi connectivity index (χ1v) is 19.0. The Hall–Kier alpha value is 1.00. The standard InChI is InChI=1S/C27H48O2S4/c1-19-7-9-20(10-8-19)21-5-4-6-25(17-21)33(28,29)27-18-24(15-16-26(27)31-3)32-23-13-11-22(30-2)12-14-23/h19-27H,4-18H2,1-3H3. The topological polar surface area (TPSA) is 34.1 Å². The van der Waals surface area contributed by atoms with Gasteiger partial charge in [-0.1, -0.05) is 32.6 Å². The molecule has 0 saturated heterocycles. The molecule has 0 spiro atoms. The van der Waals surface area contributed by atoms with Crippen molar-refractivity contribution in [3.8, 4) is 0 Å². The molecule has 0 N–H and O–H groups in total. The lowest BCUT2D eigenvalue weighted by Crippen LogP contribution is -2.45. The van der Waals surface area contributed by atoms with Crippen molar-refractivity contribution < 1.29 is 8.42 Å². The van der Waals surface area contributed by atoms with Gasteiger partial charge < -0.3 is 0 Å². The summed E-state index contributed by atoms with van der Waals surface area (Å²) in [5, 5.41) is 2.33. The van der Waals surface area contributed by atoms with Crippen molar-refractivity contribution >= 4 is 45.1 Å². The monoisotopic (exact) mass is 532 g/mol. The van der Waals surface area contributed by atoms with Crippen LogP contribution in [-0.2, 0) is 9.84 Å². The molecule has 0 aromatic rings. The molecule has 192 valence electrons. The van der Waals surface area contributed by atoms with E-state index in [1.807, 2.05) is 23.5 Å². The minimum Gasteiger partial charge on any atom is -0.228 e.